The van der Waals surface area contributed by atoms with E-state index in [2.05, 4.69) is 56.1 Å². The second-order valence-electron chi connectivity index (χ2n) is 5.66. The molecule has 3 aliphatic rings. The van der Waals surface area contributed by atoms with Crippen molar-refractivity contribution in [3.63, 3.8) is 0 Å². The van der Waals surface area contributed by atoms with Gasteiger partial charge in [0.05, 0.1) is 6.61 Å². The van der Waals surface area contributed by atoms with Gasteiger partial charge in [-0.3, -0.25) is 0 Å². The summed E-state index contributed by atoms with van der Waals surface area (Å²) in [4.78, 5) is 0. The average molecular weight is 382 g/mol. The van der Waals surface area contributed by atoms with Crippen molar-refractivity contribution >= 4 is 37.4 Å². The second-order valence-corrected chi connectivity index (χ2v) is 7.37. The van der Waals surface area contributed by atoms with Crippen LogP contribution in [0.15, 0.2) is 44.9 Å². The molecular formula is C16H14Br2O. The zero-order valence-corrected chi connectivity index (χ0v) is 13.5. The molecule has 1 aromatic rings. The molecular weight excluding hydrogens is 368 g/mol. The van der Waals surface area contributed by atoms with Crippen molar-refractivity contribution in [2.45, 2.75) is 6.42 Å². The summed E-state index contributed by atoms with van der Waals surface area (Å²) in [5.74, 6) is 2.35. The van der Waals surface area contributed by atoms with E-state index >= 15 is 0 Å². The van der Waals surface area contributed by atoms with Gasteiger partial charge in [0.2, 0.25) is 0 Å². The van der Waals surface area contributed by atoms with Crippen LogP contribution in [0.5, 0.6) is 0 Å². The normalized spacial score (nSPS) is 35.7. The quantitative estimate of drug-likeness (QED) is 0.808. The van der Waals surface area contributed by atoms with E-state index in [0.29, 0.717) is 23.7 Å². The molecule has 2 bridgehead atoms. The molecule has 98 valence electrons. The van der Waals surface area contributed by atoms with Crippen LogP contribution >= 0.6 is 31.9 Å². The molecule has 1 nitrogen and oxygen atoms in total. The van der Waals surface area contributed by atoms with Crippen LogP contribution in [0.3, 0.4) is 0 Å². The van der Waals surface area contributed by atoms with E-state index in [4.69, 9.17) is 0 Å². The summed E-state index contributed by atoms with van der Waals surface area (Å²) in [6.45, 7) is 0.201. The van der Waals surface area contributed by atoms with Crippen LogP contribution in [0.1, 0.15) is 12.0 Å². The summed E-state index contributed by atoms with van der Waals surface area (Å²) in [5, 5.41) is 9.74. The lowest BCUT2D eigenvalue weighted by Gasteiger charge is -2.44. The Morgan fingerprint density at radius 2 is 1.63 bits per heavy atom. The van der Waals surface area contributed by atoms with Crippen molar-refractivity contribution in [2.75, 3.05) is 6.61 Å². The van der Waals surface area contributed by atoms with Crippen LogP contribution in [0, 0.1) is 23.7 Å². The van der Waals surface area contributed by atoms with Crippen LogP contribution < -0.4 is 0 Å². The summed E-state index contributed by atoms with van der Waals surface area (Å²) in [6, 6.07) is 10.5. The minimum atomic E-state index is 0.201. The first-order valence-electron chi connectivity index (χ1n) is 6.68. The summed E-state index contributed by atoms with van der Waals surface area (Å²) in [5.41, 5.74) is 3.95. The van der Waals surface area contributed by atoms with Gasteiger partial charge in [-0.1, -0.05) is 62.2 Å². The van der Waals surface area contributed by atoms with Gasteiger partial charge in [-0.25, -0.2) is 0 Å². The van der Waals surface area contributed by atoms with Crippen LogP contribution in [0.2, 0.25) is 0 Å². The van der Waals surface area contributed by atoms with Gasteiger partial charge in [-0.05, 0) is 46.8 Å². The molecule has 0 radical (unpaired) electrons. The minimum absolute atomic E-state index is 0.201. The van der Waals surface area contributed by atoms with Crippen molar-refractivity contribution in [3.05, 3.63) is 50.4 Å². The van der Waals surface area contributed by atoms with Crippen molar-refractivity contribution < 1.29 is 5.11 Å². The fourth-order valence-corrected chi connectivity index (χ4v) is 5.80. The van der Waals surface area contributed by atoms with Crippen LogP contribution in [-0.2, 0) is 0 Å². The molecule has 0 heterocycles. The summed E-state index contributed by atoms with van der Waals surface area (Å²) in [7, 11) is 0. The zero-order chi connectivity index (χ0) is 13.1. The summed E-state index contributed by atoms with van der Waals surface area (Å²) >= 11 is 7.48. The van der Waals surface area contributed by atoms with Gasteiger partial charge >= 0.3 is 0 Å². The number of aliphatic hydroxyl groups is 1. The lowest BCUT2D eigenvalue weighted by Crippen LogP contribution is -2.36. The van der Waals surface area contributed by atoms with Crippen molar-refractivity contribution in [1.82, 2.24) is 0 Å². The highest BCUT2D eigenvalue weighted by molar-refractivity contribution is 9.14. The summed E-state index contributed by atoms with van der Waals surface area (Å²) in [6.07, 6.45) is 1.22. The van der Waals surface area contributed by atoms with Gasteiger partial charge in [0, 0.05) is 8.96 Å². The fraction of sp³-hybridized carbons (Fsp3) is 0.375. The number of aliphatic hydroxyl groups excluding tert-OH is 1. The number of hydrogen-bond donors (Lipinski definition) is 1. The molecule has 0 unspecified atom stereocenters. The van der Waals surface area contributed by atoms with E-state index in [1.165, 1.54) is 32.1 Å². The topological polar surface area (TPSA) is 20.2 Å². The molecule has 0 saturated heterocycles. The zero-order valence-electron chi connectivity index (χ0n) is 10.3. The van der Waals surface area contributed by atoms with Gasteiger partial charge in [-0.2, -0.15) is 0 Å². The van der Waals surface area contributed by atoms with Gasteiger partial charge in [0.25, 0.3) is 0 Å². The van der Waals surface area contributed by atoms with Crippen LogP contribution in [0.4, 0.5) is 0 Å². The highest BCUT2D eigenvalue weighted by Gasteiger charge is 2.59. The highest BCUT2D eigenvalue weighted by atomic mass is 79.9. The monoisotopic (exact) mass is 380 g/mol. The van der Waals surface area contributed by atoms with Crippen LogP contribution in [0.25, 0.3) is 5.57 Å². The third-order valence-corrected chi connectivity index (χ3v) is 7.54. The Labute approximate surface area is 129 Å². The Balaban J connectivity index is 1.80. The third kappa shape index (κ3) is 1.50. The molecule has 0 spiro atoms. The lowest BCUT2D eigenvalue weighted by molar-refractivity contribution is 0.272. The smallest absolute Gasteiger partial charge is 0.0650 e. The number of halogens is 2. The summed E-state index contributed by atoms with van der Waals surface area (Å²) < 4.78 is 2.68. The molecule has 0 aliphatic heterocycles. The molecule has 19 heavy (non-hydrogen) atoms. The van der Waals surface area contributed by atoms with Gasteiger partial charge in [0.1, 0.15) is 0 Å². The Hall–Kier alpha value is -0.380. The van der Waals surface area contributed by atoms with E-state index in [9.17, 15) is 5.11 Å². The molecule has 0 aromatic heterocycles. The van der Waals surface area contributed by atoms with Crippen molar-refractivity contribution in [3.8, 4) is 0 Å². The lowest BCUT2D eigenvalue weighted by atomic mass is 9.61. The molecule has 3 aliphatic carbocycles. The van der Waals surface area contributed by atoms with Crippen LogP contribution in [-0.4, -0.2) is 11.7 Å². The van der Waals surface area contributed by atoms with Crippen molar-refractivity contribution in [2.24, 2.45) is 23.7 Å². The highest BCUT2D eigenvalue weighted by Crippen LogP contribution is 2.69. The van der Waals surface area contributed by atoms with E-state index in [-0.39, 0.29) is 6.61 Å². The Bertz CT molecular complexity index is 602. The minimum Gasteiger partial charge on any atom is -0.392 e. The number of benzene rings is 1. The number of hydrogen-bond acceptors (Lipinski definition) is 1. The first-order chi connectivity index (χ1) is 9.24. The van der Waals surface area contributed by atoms with E-state index < -0.39 is 0 Å². The maximum Gasteiger partial charge on any atom is 0.0650 e. The number of fused-ring (bicyclic) bond motifs is 5. The first kappa shape index (κ1) is 12.4. The Kier molecular flexibility index (Phi) is 2.80. The van der Waals surface area contributed by atoms with Gasteiger partial charge < -0.3 is 5.11 Å². The number of allylic oxidation sites excluding steroid dienone is 3. The van der Waals surface area contributed by atoms with Gasteiger partial charge in [-0.15, -0.1) is 0 Å². The standard InChI is InChI=1S/C16H14Br2O/c17-15-9-6-10(16(15)18)14-12(11(7-19)13(9)14)8-4-2-1-3-5-8/h1-5,9-10,13-14,19H,6-7H2/t9-,10+,13-,14+/m0/s1. The van der Waals surface area contributed by atoms with E-state index in [1.54, 1.807) is 0 Å². The van der Waals surface area contributed by atoms with Gasteiger partial charge in [0.15, 0.2) is 0 Å². The maximum absolute atomic E-state index is 9.74. The molecule has 1 N–H and O–H groups in total. The molecule has 1 saturated carbocycles. The molecule has 1 fully saturated rings. The molecule has 3 heteroatoms. The van der Waals surface area contributed by atoms with Crippen molar-refractivity contribution in [1.29, 1.82) is 0 Å². The predicted octanol–water partition coefficient (Wildman–Crippen LogP) is 4.33. The predicted molar refractivity (Wildman–Crippen MR) is 83.9 cm³/mol. The molecule has 4 rings (SSSR count). The molecule has 1 aromatic carbocycles. The largest absolute Gasteiger partial charge is 0.392 e. The second kappa shape index (κ2) is 4.31. The fourth-order valence-electron chi connectivity index (χ4n) is 4.27. The van der Waals surface area contributed by atoms with E-state index in [1.807, 2.05) is 6.07 Å². The molecule has 0 amide bonds. The maximum atomic E-state index is 9.74. The molecule has 4 atom stereocenters. The number of rotatable bonds is 2. The first-order valence-corrected chi connectivity index (χ1v) is 8.27. The third-order valence-electron chi connectivity index (χ3n) is 4.98. The Morgan fingerprint density at radius 3 is 2.26 bits per heavy atom. The Morgan fingerprint density at radius 1 is 1.00 bits per heavy atom. The average Bonchev–Trinajstić information content (AvgIpc) is 2.87. The SMILES string of the molecule is OCC1=C(c2ccccc2)[C@@H]2[C@H]1[C@@H]1C[C@H]2C(Br)=C1Br. The van der Waals surface area contributed by atoms with E-state index in [0.717, 1.165) is 0 Å².